The summed E-state index contributed by atoms with van der Waals surface area (Å²) in [5, 5.41) is 13.6. The topological polar surface area (TPSA) is 45.3 Å². The van der Waals surface area contributed by atoms with Gasteiger partial charge in [-0.15, -0.1) is 0 Å². The van der Waals surface area contributed by atoms with Crippen LogP contribution in [0.5, 0.6) is 0 Å². The van der Waals surface area contributed by atoms with Crippen LogP contribution in [0.15, 0.2) is 59.3 Å². The Bertz CT molecular complexity index is 1340. The van der Waals surface area contributed by atoms with Crippen LogP contribution in [0.1, 0.15) is 36.8 Å². The first kappa shape index (κ1) is 22.0. The van der Waals surface area contributed by atoms with Crippen molar-refractivity contribution in [2.24, 2.45) is 5.92 Å². The van der Waals surface area contributed by atoms with Crippen molar-refractivity contribution < 1.29 is 4.58 Å². The fraction of sp³-hybridized carbons (Fsp3) is 0.400. The van der Waals surface area contributed by atoms with Gasteiger partial charge in [-0.1, -0.05) is 0 Å². The molecule has 0 fully saturated rings. The normalized spacial score (nSPS) is 22.9. The maximum Gasteiger partial charge on any atom is 0.209 e. The molecule has 0 bridgehead atoms. The largest absolute Gasteiger partial charge is 0.388 e. The van der Waals surface area contributed by atoms with E-state index in [1.165, 1.54) is 45.2 Å². The number of fused-ring (bicyclic) bond motifs is 3. The van der Waals surface area contributed by atoms with E-state index in [-0.39, 0.29) is 0 Å². The Hall–Kier alpha value is -3.52. The predicted molar refractivity (Wildman–Crippen MR) is 144 cm³/mol. The summed E-state index contributed by atoms with van der Waals surface area (Å²) < 4.78 is 2.42. The minimum atomic E-state index is 0.504. The van der Waals surface area contributed by atoms with Crippen LogP contribution >= 0.6 is 0 Å². The lowest BCUT2D eigenvalue weighted by atomic mass is 9.76. The van der Waals surface area contributed by atoms with Gasteiger partial charge in [0, 0.05) is 74.9 Å². The molecular weight excluding hydrogens is 430 g/mol. The molecule has 35 heavy (non-hydrogen) atoms. The van der Waals surface area contributed by atoms with Gasteiger partial charge < -0.3 is 15.1 Å². The molecule has 0 saturated carbocycles. The maximum absolute atomic E-state index is 10.4. The summed E-state index contributed by atoms with van der Waals surface area (Å²) >= 11 is 0. The van der Waals surface area contributed by atoms with E-state index in [2.05, 4.69) is 82.3 Å². The van der Waals surface area contributed by atoms with Crippen LogP contribution in [0.3, 0.4) is 0 Å². The summed E-state index contributed by atoms with van der Waals surface area (Å²) in [5.74, 6) is 0.504. The summed E-state index contributed by atoms with van der Waals surface area (Å²) in [6.07, 6.45) is 8.86. The third-order valence-electron chi connectivity index (χ3n) is 8.34. The lowest BCUT2D eigenvalue weighted by Crippen LogP contribution is -2.29. The highest BCUT2D eigenvalue weighted by Gasteiger charge is 2.37. The van der Waals surface area contributed by atoms with E-state index in [0.29, 0.717) is 5.92 Å². The third kappa shape index (κ3) is 3.63. The van der Waals surface area contributed by atoms with Gasteiger partial charge in [0.25, 0.3) is 0 Å². The molecule has 0 amide bonds. The predicted octanol–water partition coefficient (Wildman–Crippen LogP) is 5.41. The van der Waals surface area contributed by atoms with Crippen LogP contribution in [0.2, 0.25) is 0 Å². The first-order valence-corrected chi connectivity index (χ1v) is 12.9. The molecule has 0 saturated heterocycles. The van der Waals surface area contributed by atoms with Crippen molar-refractivity contribution in [3.05, 3.63) is 70.4 Å². The van der Waals surface area contributed by atoms with E-state index in [9.17, 15) is 5.26 Å². The third-order valence-corrected chi connectivity index (χ3v) is 8.34. The molecule has 0 radical (unpaired) electrons. The van der Waals surface area contributed by atoms with Crippen LogP contribution in [-0.4, -0.2) is 44.5 Å². The molecule has 0 spiro atoms. The fourth-order valence-corrected chi connectivity index (χ4v) is 6.44. The molecule has 2 aromatic carbocycles. The average Bonchev–Trinajstić information content (AvgIpc) is 3.51. The quantitative estimate of drug-likeness (QED) is 0.618. The summed E-state index contributed by atoms with van der Waals surface area (Å²) in [4.78, 5) is 4.68. The monoisotopic (exact) mass is 464 g/mol. The van der Waals surface area contributed by atoms with Crippen molar-refractivity contribution in [2.75, 3.05) is 49.3 Å². The van der Waals surface area contributed by atoms with Gasteiger partial charge in [-0.2, -0.15) is 9.84 Å². The summed E-state index contributed by atoms with van der Waals surface area (Å²) in [7, 11) is 6.17. The van der Waals surface area contributed by atoms with Crippen molar-refractivity contribution in [1.29, 1.82) is 5.26 Å². The number of hydrogen-bond acceptors (Lipinski definition) is 4. The molecule has 0 aromatic heterocycles. The van der Waals surface area contributed by atoms with Crippen molar-refractivity contribution in [1.82, 2.24) is 0 Å². The van der Waals surface area contributed by atoms with Crippen molar-refractivity contribution >= 4 is 28.5 Å². The van der Waals surface area contributed by atoms with E-state index < -0.39 is 0 Å². The van der Waals surface area contributed by atoms with E-state index in [0.717, 1.165) is 62.9 Å². The van der Waals surface area contributed by atoms with Crippen molar-refractivity contribution in [2.45, 2.75) is 38.5 Å². The van der Waals surface area contributed by atoms with Gasteiger partial charge in [0.15, 0.2) is 12.3 Å². The Morgan fingerprint density at radius 2 is 1.89 bits per heavy atom. The first-order valence-electron chi connectivity index (χ1n) is 12.9. The second-order valence-electron chi connectivity index (χ2n) is 10.4. The molecule has 5 heteroatoms. The smallest absolute Gasteiger partial charge is 0.209 e. The second kappa shape index (κ2) is 8.61. The fourth-order valence-electron chi connectivity index (χ4n) is 6.44. The first-order chi connectivity index (χ1) is 17.1. The Labute approximate surface area is 208 Å². The molecule has 1 atom stereocenters. The highest BCUT2D eigenvalue weighted by molar-refractivity contribution is 6.03. The summed E-state index contributed by atoms with van der Waals surface area (Å²) in [6.45, 7) is 1.99. The SMILES string of the molecule is CNc1ccc2c(c1)CC[N+]2=C1CCC2CCC(N3CCc4cc(N(C)C)ccc43)=CC2=C1C#N. The number of anilines is 3. The molecule has 1 unspecified atom stereocenters. The molecule has 2 aliphatic heterocycles. The molecule has 6 rings (SSSR count). The van der Waals surface area contributed by atoms with Gasteiger partial charge >= 0.3 is 0 Å². The van der Waals surface area contributed by atoms with E-state index in [4.69, 9.17) is 0 Å². The molecule has 2 aromatic rings. The Morgan fingerprint density at radius 3 is 2.69 bits per heavy atom. The molecule has 2 aliphatic carbocycles. The lowest BCUT2D eigenvalue weighted by Gasteiger charge is -2.33. The summed E-state index contributed by atoms with van der Waals surface area (Å²) in [5.41, 5.74) is 12.6. The minimum absolute atomic E-state index is 0.504. The standard InChI is InChI=1S/C30H34N5/c1-32-23-6-10-29-21(16-23)13-15-35(29)30-9-5-20-4-7-25(18-26(20)27(30)19-31)34-14-12-22-17-24(33(2)3)8-11-28(22)34/h6,8,10-11,16-18,20,32H,4-5,7,9,12-15H2,1-3H3/q+1. The van der Waals surface area contributed by atoms with Gasteiger partial charge in [-0.05, 0) is 79.1 Å². The Kier molecular flexibility index (Phi) is 5.40. The van der Waals surface area contributed by atoms with Crippen molar-refractivity contribution in [3.8, 4) is 6.07 Å². The van der Waals surface area contributed by atoms with Gasteiger partial charge in [-0.25, -0.2) is 0 Å². The zero-order valence-electron chi connectivity index (χ0n) is 21.1. The number of nitrogens with zero attached hydrogens (tertiary/aromatic N) is 4. The zero-order valence-corrected chi connectivity index (χ0v) is 21.1. The number of nitrogens with one attached hydrogen (secondary N) is 1. The zero-order chi connectivity index (χ0) is 24.1. The molecule has 1 N–H and O–H groups in total. The lowest BCUT2D eigenvalue weighted by molar-refractivity contribution is -0.430. The van der Waals surface area contributed by atoms with Gasteiger partial charge in [0.2, 0.25) is 5.69 Å². The number of allylic oxidation sites excluding steroid dienone is 4. The van der Waals surface area contributed by atoms with E-state index in [1.807, 2.05) is 7.05 Å². The van der Waals surface area contributed by atoms with Crippen LogP contribution in [-0.2, 0) is 12.8 Å². The van der Waals surface area contributed by atoms with E-state index >= 15 is 0 Å². The van der Waals surface area contributed by atoms with Crippen LogP contribution in [0, 0.1) is 17.2 Å². The number of hydrogen-bond donors (Lipinski definition) is 1. The second-order valence-corrected chi connectivity index (χ2v) is 10.4. The van der Waals surface area contributed by atoms with Gasteiger partial charge in [0.05, 0.1) is 0 Å². The highest BCUT2D eigenvalue weighted by Crippen LogP contribution is 2.43. The Balaban J connectivity index is 1.40. The number of benzene rings is 2. The summed E-state index contributed by atoms with van der Waals surface area (Å²) in [6, 6.07) is 16.1. The molecular formula is C30H34N5+. The number of nitriles is 1. The van der Waals surface area contributed by atoms with Gasteiger partial charge in [0.1, 0.15) is 11.6 Å². The molecule has 4 aliphatic rings. The van der Waals surface area contributed by atoms with E-state index in [1.54, 1.807) is 0 Å². The van der Waals surface area contributed by atoms with Crippen LogP contribution < -0.4 is 15.1 Å². The molecule has 2 heterocycles. The van der Waals surface area contributed by atoms with Crippen LogP contribution in [0.25, 0.3) is 0 Å². The molecule has 178 valence electrons. The maximum atomic E-state index is 10.4. The number of rotatable bonds is 3. The average molecular weight is 465 g/mol. The van der Waals surface area contributed by atoms with Gasteiger partial charge in [-0.3, -0.25) is 0 Å². The minimum Gasteiger partial charge on any atom is -0.388 e. The highest BCUT2D eigenvalue weighted by atomic mass is 15.2. The molecule has 5 nitrogen and oxygen atoms in total. The van der Waals surface area contributed by atoms with Crippen molar-refractivity contribution in [3.63, 3.8) is 0 Å². The Morgan fingerprint density at radius 1 is 1.03 bits per heavy atom. The van der Waals surface area contributed by atoms with Crippen LogP contribution in [0.4, 0.5) is 22.7 Å².